The Morgan fingerprint density at radius 2 is 2.33 bits per heavy atom. The summed E-state index contributed by atoms with van der Waals surface area (Å²) in [5, 5.41) is 9.44. The Bertz CT molecular complexity index is 532. The number of carboxylic acids is 1. The molecule has 1 amide bonds. The van der Waals surface area contributed by atoms with Crippen molar-refractivity contribution in [3.8, 4) is 5.75 Å². The van der Waals surface area contributed by atoms with Crippen molar-refractivity contribution in [2.75, 3.05) is 20.2 Å². The van der Waals surface area contributed by atoms with Crippen molar-refractivity contribution >= 4 is 11.9 Å². The number of ether oxygens (including phenoxy) is 1. The first kappa shape index (κ1) is 15.3. The maximum Gasteiger partial charge on any atom is 0.326 e. The molecule has 0 aliphatic carbocycles. The van der Waals surface area contributed by atoms with Crippen LogP contribution in [0.1, 0.15) is 12.0 Å². The van der Waals surface area contributed by atoms with Crippen LogP contribution in [0.25, 0.3) is 0 Å². The van der Waals surface area contributed by atoms with Gasteiger partial charge in [0.2, 0.25) is 5.91 Å². The van der Waals surface area contributed by atoms with E-state index < -0.39 is 12.0 Å². The number of amides is 1. The van der Waals surface area contributed by atoms with Crippen molar-refractivity contribution in [3.63, 3.8) is 0 Å². The van der Waals surface area contributed by atoms with Gasteiger partial charge in [-0.2, -0.15) is 0 Å². The van der Waals surface area contributed by atoms with Crippen molar-refractivity contribution in [1.82, 2.24) is 4.90 Å². The lowest BCUT2D eigenvalue weighted by molar-refractivity contribution is -0.148. The summed E-state index contributed by atoms with van der Waals surface area (Å²) in [6, 6.07) is 6.36. The van der Waals surface area contributed by atoms with Crippen LogP contribution in [0.15, 0.2) is 24.3 Å². The van der Waals surface area contributed by atoms with E-state index in [1.807, 2.05) is 12.1 Å². The van der Waals surface area contributed by atoms with Gasteiger partial charge in [0.1, 0.15) is 11.8 Å². The third-order valence-corrected chi connectivity index (χ3v) is 3.80. The fourth-order valence-corrected chi connectivity index (χ4v) is 2.62. The van der Waals surface area contributed by atoms with Gasteiger partial charge in [0, 0.05) is 19.4 Å². The number of likely N-dealkylation sites (tertiary alicyclic amines) is 1. The first-order valence-electron chi connectivity index (χ1n) is 6.90. The van der Waals surface area contributed by atoms with Crippen molar-refractivity contribution in [1.29, 1.82) is 0 Å². The Hall–Kier alpha value is -2.08. The predicted octanol–water partition coefficient (Wildman–Crippen LogP) is 0.498. The number of hydrogen-bond acceptors (Lipinski definition) is 4. The maximum absolute atomic E-state index is 12.0. The number of nitrogens with two attached hydrogens (primary N) is 1. The van der Waals surface area contributed by atoms with E-state index in [1.165, 1.54) is 4.90 Å². The summed E-state index contributed by atoms with van der Waals surface area (Å²) in [7, 11) is 1.56. The summed E-state index contributed by atoms with van der Waals surface area (Å²) in [6.45, 7) is 0.810. The summed E-state index contributed by atoms with van der Waals surface area (Å²) in [5.41, 5.74) is 6.41. The number of rotatable bonds is 6. The molecule has 1 aliphatic rings. The molecular weight excluding hydrogens is 272 g/mol. The Balaban J connectivity index is 2.16. The summed E-state index contributed by atoms with van der Waals surface area (Å²) < 4.78 is 5.13. The minimum absolute atomic E-state index is 0.0460. The van der Waals surface area contributed by atoms with E-state index in [0.29, 0.717) is 25.3 Å². The van der Waals surface area contributed by atoms with Crippen LogP contribution < -0.4 is 10.5 Å². The van der Waals surface area contributed by atoms with Crippen LogP contribution in [-0.2, 0) is 16.0 Å². The number of carboxylic acid groups (broad SMARTS) is 1. The minimum atomic E-state index is -0.996. The number of hydrogen-bond donors (Lipinski definition) is 2. The molecule has 0 radical (unpaired) electrons. The smallest absolute Gasteiger partial charge is 0.326 e. The number of carbonyl (C=O) groups excluding carboxylic acids is 1. The van der Waals surface area contributed by atoms with Gasteiger partial charge in [-0.25, -0.2) is 4.79 Å². The molecule has 2 rings (SSSR count). The minimum Gasteiger partial charge on any atom is -0.497 e. The molecule has 21 heavy (non-hydrogen) atoms. The van der Waals surface area contributed by atoms with Crippen LogP contribution in [0.3, 0.4) is 0 Å². The van der Waals surface area contributed by atoms with Gasteiger partial charge >= 0.3 is 5.97 Å². The summed E-state index contributed by atoms with van der Waals surface area (Å²) >= 11 is 0. The number of methoxy groups -OCH3 is 1. The molecule has 1 heterocycles. The molecule has 1 saturated heterocycles. The molecule has 6 nitrogen and oxygen atoms in total. The van der Waals surface area contributed by atoms with Crippen LogP contribution >= 0.6 is 0 Å². The van der Waals surface area contributed by atoms with E-state index in [0.717, 1.165) is 5.56 Å². The molecule has 114 valence electrons. The van der Waals surface area contributed by atoms with Crippen LogP contribution in [0.4, 0.5) is 0 Å². The lowest BCUT2D eigenvalue weighted by Crippen LogP contribution is -2.44. The zero-order chi connectivity index (χ0) is 15.4. The Morgan fingerprint density at radius 3 is 2.90 bits per heavy atom. The Labute approximate surface area is 123 Å². The number of benzene rings is 1. The topological polar surface area (TPSA) is 92.9 Å². The van der Waals surface area contributed by atoms with E-state index >= 15 is 0 Å². The van der Waals surface area contributed by atoms with Gasteiger partial charge in [-0.05, 0) is 30.2 Å². The summed E-state index contributed by atoms with van der Waals surface area (Å²) in [4.78, 5) is 24.9. The lowest BCUT2D eigenvalue weighted by atomic mass is 10.0. The molecule has 1 aromatic carbocycles. The molecule has 1 aromatic rings. The number of nitrogens with zero attached hydrogens (tertiary/aromatic N) is 1. The fraction of sp³-hybridized carbons (Fsp3) is 0.467. The first-order valence-corrected chi connectivity index (χ1v) is 6.90. The second-order valence-electron chi connectivity index (χ2n) is 5.26. The van der Waals surface area contributed by atoms with Gasteiger partial charge in [0.25, 0.3) is 0 Å². The first-order chi connectivity index (χ1) is 10.0. The molecule has 6 heteroatoms. The van der Waals surface area contributed by atoms with Crippen molar-refractivity contribution in [2.24, 2.45) is 11.7 Å². The molecule has 3 N–H and O–H groups in total. The SMILES string of the molecule is COc1cccc(CC(C(=O)O)N2CC(CN)CC2=O)c1. The number of aliphatic carboxylic acids is 1. The van der Waals surface area contributed by atoms with E-state index in [-0.39, 0.29) is 18.2 Å². The third kappa shape index (κ3) is 3.52. The van der Waals surface area contributed by atoms with Gasteiger partial charge in [-0.1, -0.05) is 12.1 Å². The van der Waals surface area contributed by atoms with Crippen LogP contribution in [-0.4, -0.2) is 48.1 Å². The lowest BCUT2D eigenvalue weighted by Gasteiger charge is -2.25. The summed E-state index contributed by atoms with van der Waals surface area (Å²) in [6.07, 6.45) is 0.591. The monoisotopic (exact) mass is 292 g/mol. The zero-order valence-electron chi connectivity index (χ0n) is 12.0. The molecule has 0 aromatic heterocycles. The maximum atomic E-state index is 12.0. The number of carbonyl (C=O) groups is 2. The van der Waals surface area contributed by atoms with Gasteiger partial charge in [-0.3, -0.25) is 4.79 Å². The second kappa shape index (κ2) is 6.58. The average molecular weight is 292 g/mol. The van der Waals surface area contributed by atoms with E-state index in [1.54, 1.807) is 19.2 Å². The normalized spacial score (nSPS) is 19.6. The van der Waals surface area contributed by atoms with E-state index in [2.05, 4.69) is 0 Å². The molecular formula is C15H20N2O4. The highest BCUT2D eigenvalue weighted by atomic mass is 16.5. The van der Waals surface area contributed by atoms with Gasteiger partial charge < -0.3 is 20.5 Å². The van der Waals surface area contributed by atoms with Crippen LogP contribution in [0, 0.1) is 5.92 Å². The van der Waals surface area contributed by atoms with Crippen LogP contribution in [0.2, 0.25) is 0 Å². The highest BCUT2D eigenvalue weighted by molar-refractivity contribution is 5.85. The van der Waals surface area contributed by atoms with Crippen molar-refractivity contribution in [2.45, 2.75) is 18.9 Å². The Morgan fingerprint density at radius 1 is 1.57 bits per heavy atom. The molecule has 0 bridgehead atoms. The largest absolute Gasteiger partial charge is 0.497 e. The third-order valence-electron chi connectivity index (χ3n) is 3.80. The Kier molecular flexibility index (Phi) is 4.80. The molecule has 1 fully saturated rings. The second-order valence-corrected chi connectivity index (χ2v) is 5.26. The molecule has 0 saturated carbocycles. The average Bonchev–Trinajstić information content (AvgIpc) is 2.85. The van der Waals surface area contributed by atoms with Gasteiger partial charge in [0.15, 0.2) is 0 Å². The zero-order valence-corrected chi connectivity index (χ0v) is 12.0. The predicted molar refractivity (Wildman–Crippen MR) is 77.0 cm³/mol. The van der Waals surface area contributed by atoms with Crippen molar-refractivity contribution in [3.05, 3.63) is 29.8 Å². The van der Waals surface area contributed by atoms with Crippen LogP contribution in [0.5, 0.6) is 5.75 Å². The standard InChI is InChI=1S/C15H20N2O4/c1-21-12-4-2-3-10(5-12)6-13(15(19)20)17-9-11(8-16)7-14(17)18/h2-5,11,13H,6-9,16H2,1H3,(H,19,20). The van der Waals surface area contributed by atoms with E-state index in [4.69, 9.17) is 10.5 Å². The highest BCUT2D eigenvalue weighted by Gasteiger charge is 2.37. The van der Waals surface area contributed by atoms with E-state index in [9.17, 15) is 14.7 Å². The molecule has 2 unspecified atom stereocenters. The molecule has 1 aliphatic heterocycles. The van der Waals surface area contributed by atoms with Crippen molar-refractivity contribution < 1.29 is 19.4 Å². The van der Waals surface area contributed by atoms with Gasteiger partial charge in [0.05, 0.1) is 7.11 Å². The fourth-order valence-electron chi connectivity index (χ4n) is 2.62. The quantitative estimate of drug-likeness (QED) is 0.796. The van der Waals surface area contributed by atoms with Gasteiger partial charge in [-0.15, -0.1) is 0 Å². The molecule has 2 atom stereocenters. The highest BCUT2D eigenvalue weighted by Crippen LogP contribution is 2.22. The molecule has 0 spiro atoms. The summed E-state index contributed by atoms with van der Waals surface area (Å²) in [5.74, 6) is -0.418.